The average molecular weight is 1380 g/mol. The maximum Gasteiger partial charge on any atom is 0.472 e. The number of rotatable bonds is 41. The molecular weight excluding hydrogens is 1320 g/mol. The van der Waals surface area contributed by atoms with E-state index >= 15 is 0 Å². The molecule has 8 unspecified atom stereocenters. The fourth-order valence-corrected chi connectivity index (χ4v) is 12.9. The van der Waals surface area contributed by atoms with Crippen molar-refractivity contribution in [3.05, 3.63) is 49.3 Å². The maximum atomic E-state index is 13.0. The first kappa shape index (κ1) is 73.7. The molecule has 0 saturated carbocycles. The number of H-pyrrole nitrogens is 2. The molecule has 3 aromatic rings. The highest BCUT2D eigenvalue weighted by atomic mass is 32.5. The number of aromatic nitrogens is 6. The van der Waals surface area contributed by atoms with Gasteiger partial charge in [-0.05, 0) is 50.8 Å². The first-order valence-corrected chi connectivity index (χ1v) is 37.0. The summed E-state index contributed by atoms with van der Waals surface area (Å²) in [6.07, 6.45) is -5.55. The Labute approximate surface area is 487 Å². The van der Waals surface area contributed by atoms with E-state index in [9.17, 15) is 81.1 Å². The van der Waals surface area contributed by atoms with Crippen LogP contribution in [-0.2, 0) is 107 Å². The van der Waals surface area contributed by atoms with Crippen molar-refractivity contribution in [2.45, 2.75) is 108 Å². The largest absolute Gasteiger partial charge is 0.472 e. The smallest absolute Gasteiger partial charge is 0.390 e. The van der Waals surface area contributed by atoms with Crippen LogP contribution in [0.2, 0.25) is 0 Å². The van der Waals surface area contributed by atoms with Crippen molar-refractivity contribution in [1.82, 2.24) is 29.1 Å². The molecule has 47 heteroatoms. The SMILES string of the molecule is Cc1cn([C@@H]2CC(O)[C@H](COP(=O)(O)OCCCOP(=O)(O)OCCCOP(=O)(O)OCCCOP(=O)(O)OCCCOP(=O)(O)OCCCOP(=O)(O)O[C@@H]3C[C@H](n4cnc5c(=O)[nH]c(N)nc54)O[C@@H]3COP(O)(=S)C(C)C)O2)c(=O)[nH]c1=O. The van der Waals surface area contributed by atoms with Gasteiger partial charge in [0.05, 0.1) is 91.7 Å². The Morgan fingerprint density at radius 3 is 1.45 bits per heavy atom. The van der Waals surface area contributed by atoms with Crippen LogP contribution in [0.25, 0.3) is 11.2 Å². The van der Waals surface area contributed by atoms with Gasteiger partial charge in [0.2, 0.25) is 5.95 Å². The second-order valence-electron chi connectivity index (χ2n) is 18.4. The van der Waals surface area contributed by atoms with E-state index in [-0.39, 0.29) is 74.2 Å². The molecule has 13 atom stereocenters. The van der Waals surface area contributed by atoms with Gasteiger partial charge in [-0.25, -0.2) is 37.2 Å². The number of aliphatic hydroxyl groups excluding tert-OH is 1. The number of ether oxygens (including phenoxy) is 2. The molecule has 5 heterocycles. The number of nitrogens with one attached hydrogen (secondary N) is 2. The Morgan fingerprint density at radius 2 is 1.00 bits per heavy atom. The van der Waals surface area contributed by atoms with E-state index in [0.29, 0.717) is 0 Å². The van der Waals surface area contributed by atoms with Gasteiger partial charge in [-0.3, -0.25) is 83.0 Å². The van der Waals surface area contributed by atoms with Crippen LogP contribution < -0.4 is 22.5 Å². The standard InChI is InChI=1S/C38H68N7O32P7S/c1-25(2)78(50,85)73-23-30-28(20-32(76-30)45-24-40-33-34(45)41-37(39)42-36(33)48)77-84(61,62)72-18-8-16-70-82(57,58)68-14-6-12-66-80(53,54)64-10-4-9-63-79(51,52)65-11-5-13-67-81(55,56)69-15-7-17-71-83(59,60)74-22-29-27(46)19-31(75-29)44-21-26(3)35(47)43-38(44)49/h21,24-25,27-32,46H,4-20,22-23H2,1-3H3,(H,50,85)(H,51,52)(H,53,54)(H,55,56)(H,57,58)(H,59,60)(H,61,62)(H,43,47,49)(H3,39,41,42,48)/t27?,28-,29+,30-,31+,32-,78?/m1/s1. The Morgan fingerprint density at radius 1 is 0.600 bits per heavy atom. The summed E-state index contributed by atoms with van der Waals surface area (Å²) >= 11 is 5.19. The summed E-state index contributed by atoms with van der Waals surface area (Å²) in [5.74, 6) is -0.210. The highest BCUT2D eigenvalue weighted by Crippen LogP contribution is 2.52. The monoisotopic (exact) mass is 1380 g/mol. The number of anilines is 1. The van der Waals surface area contributed by atoms with Gasteiger partial charge in [-0.15, -0.1) is 0 Å². The van der Waals surface area contributed by atoms with Gasteiger partial charge >= 0.3 is 52.6 Å². The summed E-state index contributed by atoms with van der Waals surface area (Å²) in [4.78, 5) is 119. The molecule has 0 bridgehead atoms. The van der Waals surface area contributed by atoms with Crippen LogP contribution >= 0.6 is 53.4 Å². The third kappa shape index (κ3) is 25.3. The number of nitrogen functional groups attached to an aromatic ring is 1. The van der Waals surface area contributed by atoms with Gasteiger partial charge in [-0.1, -0.05) is 13.8 Å². The third-order valence-corrected chi connectivity index (χ3v) is 20.8. The molecule has 0 spiro atoms. The van der Waals surface area contributed by atoms with Crippen molar-refractivity contribution in [1.29, 1.82) is 0 Å². The molecule has 2 fully saturated rings. The zero-order chi connectivity index (χ0) is 63.0. The minimum atomic E-state index is -4.89. The zero-order valence-electron chi connectivity index (χ0n) is 45.4. The van der Waals surface area contributed by atoms with Crippen molar-refractivity contribution in [3.63, 3.8) is 0 Å². The number of aliphatic hydroxyl groups is 1. The molecule has 0 amide bonds. The van der Waals surface area contributed by atoms with E-state index in [1.165, 1.54) is 24.0 Å². The molecule has 0 radical (unpaired) electrons. The van der Waals surface area contributed by atoms with E-state index < -0.39 is 185 Å². The van der Waals surface area contributed by atoms with E-state index in [1.54, 1.807) is 13.8 Å². The van der Waals surface area contributed by atoms with Gasteiger partial charge in [0.15, 0.2) is 17.7 Å². The molecule has 2 aliphatic heterocycles. The molecule has 3 aromatic heterocycles. The lowest BCUT2D eigenvalue weighted by Gasteiger charge is -2.25. The van der Waals surface area contributed by atoms with E-state index in [0.717, 1.165) is 4.57 Å². The van der Waals surface area contributed by atoms with Crippen LogP contribution in [0.3, 0.4) is 0 Å². The fourth-order valence-electron chi connectivity index (χ4n) is 7.10. The number of phosphoric ester groups is 6. The van der Waals surface area contributed by atoms with Crippen molar-refractivity contribution in [2.75, 3.05) is 85.0 Å². The average Bonchev–Trinajstić information content (AvgIpc) is 2.56. The number of imidazole rings is 1. The first-order valence-electron chi connectivity index (χ1n) is 25.3. The lowest BCUT2D eigenvalue weighted by Crippen LogP contribution is -2.33. The summed E-state index contributed by atoms with van der Waals surface area (Å²) < 4.78 is 152. The van der Waals surface area contributed by atoms with Gasteiger partial charge < -0.3 is 59.1 Å². The van der Waals surface area contributed by atoms with Crippen molar-refractivity contribution in [2.24, 2.45) is 0 Å². The highest BCUT2D eigenvalue weighted by Gasteiger charge is 2.44. The minimum absolute atomic E-state index is 0.0422. The quantitative estimate of drug-likeness (QED) is 0.0287. The van der Waals surface area contributed by atoms with Gasteiger partial charge in [0.1, 0.15) is 30.8 Å². The van der Waals surface area contributed by atoms with Crippen LogP contribution in [0.15, 0.2) is 26.9 Å². The van der Waals surface area contributed by atoms with E-state index in [4.69, 9.17) is 85.8 Å². The third-order valence-electron chi connectivity index (χ3n) is 11.3. The molecular formula is C38H68N7O32P7S. The second-order valence-corrected chi connectivity index (χ2v) is 31.0. The number of hydrogen-bond donors (Lipinski definition) is 11. The summed E-state index contributed by atoms with van der Waals surface area (Å²) in [5.41, 5.74) is 3.42. The number of phosphoric acid groups is 6. The van der Waals surface area contributed by atoms with Gasteiger partial charge in [0, 0.05) is 30.3 Å². The molecule has 12 N–H and O–H groups in total. The number of nitrogens with two attached hydrogens (primary N) is 1. The Bertz CT molecular complexity index is 3210. The molecule has 2 saturated heterocycles. The number of nitrogens with zero attached hydrogens (tertiary/aromatic N) is 4. The van der Waals surface area contributed by atoms with Crippen molar-refractivity contribution < 1.29 is 135 Å². The Balaban J connectivity index is 0.861. The normalized spacial score (nSPS) is 24.3. The van der Waals surface area contributed by atoms with E-state index in [2.05, 4.69) is 19.9 Å². The predicted octanol–water partition coefficient (Wildman–Crippen LogP) is 2.34. The molecule has 488 valence electrons. The summed E-state index contributed by atoms with van der Waals surface area (Å²) in [6.45, 7) is -4.76. The first-order chi connectivity index (χ1) is 39.6. The Kier molecular flexibility index (Phi) is 28.4. The Hall–Kier alpha value is -2.06. The van der Waals surface area contributed by atoms with Crippen molar-refractivity contribution in [3.8, 4) is 0 Å². The van der Waals surface area contributed by atoms with Crippen LogP contribution in [0.5, 0.6) is 0 Å². The lowest BCUT2D eigenvalue weighted by atomic mass is 10.2. The fraction of sp³-hybridized carbons (Fsp3) is 0.763. The summed E-state index contributed by atoms with van der Waals surface area (Å²) in [6, 6.07) is 0. The highest BCUT2D eigenvalue weighted by molar-refractivity contribution is 8.09. The van der Waals surface area contributed by atoms with Crippen LogP contribution in [-0.4, -0.2) is 178 Å². The van der Waals surface area contributed by atoms with Crippen molar-refractivity contribution >= 4 is 82.3 Å². The van der Waals surface area contributed by atoms with Crippen LogP contribution in [0.1, 0.15) is 76.8 Å². The zero-order valence-corrected chi connectivity index (χ0v) is 52.5. The summed E-state index contributed by atoms with van der Waals surface area (Å²) in [7, 11) is -28.4. The maximum absolute atomic E-state index is 13.0. The molecule has 85 heavy (non-hydrogen) atoms. The number of aryl methyl sites for hydroxylation is 1. The molecule has 2 aliphatic rings. The molecule has 0 aromatic carbocycles. The lowest BCUT2D eigenvalue weighted by molar-refractivity contribution is -0.0466. The molecule has 5 rings (SSSR count). The second kappa shape index (κ2) is 32.8. The number of fused-ring (bicyclic) bond motifs is 1. The number of hydrogen-bond acceptors (Lipinski definition) is 29. The van der Waals surface area contributed by atoms with E-state index in [1.807, 2.05) is 0 Å². The number of aromatic amines is 2. The predicted molar refractivity (Wildman–Crippen MR) is 292 cm³/mol. The summed E-state index contributed by atoms with van der Waals surface area (Å²) in [5, 5.41) is 10.3. The van der Waals surface area contributed by atoms with Gasteiger partial charge in [-0.2, -0.15) is 4.98 Å². The minimum Gasteiger partial charge on any atom is -0.390 e. The topological polar surface area (TPSA) is 547 Å². The van der Waals surface area contributed by atoms with Crippen LogP contribution in [0, 0.1) is 6.92 Å². The van der Waals surface area contributed by atoms with Crippen LogP contribution in [0.4, 0.5) is 5.95 Å². The van der Waals surface area contributed by atoms with Gasteiger partial charge in [0.25, 0.3) is 11.1 Å². The molecule has 0 aliphatic carbocycles. The molecule has 39 nitrogen and oxygen atoms in total.